The fraction of sp³-hybridized carbons (Fsp3) is 0.250. The van der Waals surface area contributed by atoms with Crippen molar-refractivity contribution in [2.75, 3.05) is 0 Å². The first-order valence-electron chi connectivity index (χ1n) is 4.91. The van der Waals surface area contributed by atoms with E-state index in [0.29, 0.717) is 5.56 Å². The van der Waals surface area contributed by atoms with E-state index in [9.17, 15) is 4.39 Å². The standard InChI is InChI=1S/C12H12FNS/c1-3-9-7-15-12(14-9)10-6-8(2)4-5-11(10)13/h4-7H,3H2,1-2H3. The molecule has 0 saturated carbocycles. The van der Waals surface area contributed by atoms with Gasteiger partial charge in [-0.3, -0.25) is 0 Å². The van der Waals surface area contributed by atoms with Crippen molar-refractivity contribution in [3.8, 4) is 10.6 Å². The molecule has 3 heteroatoms. The second kappa shape index (κ2) is 4.11. The van der Waals surface area contributed by atoms with Crippen LogP contribution in [0.3, 0.4) is 0 Å². The number of nitrogens with zero attached hydrogens (tertiary/aromatic N) is 1. The van der Waals surface area contributed by atoms with E-state index in [2.05, 4.69) is 4.98 Å². The van der Waals surface area contributed by atoms with Gasteiger partial charge in [0.05, 0.1) is 5.69 Å². The minimum atomic E-state index is -0.197. The molecule has 0 saturated heterocycles. The monoisotopic (exact) mass is 221 g/mol. The third-order valence-corrected chi connectivity index (χ3v) is 3.19. The van der Waals surface area contributed by atoms with E-state index in [0.717, 1.165) is 22.7 Å². The minimum Gasteiger partial charge on any atom is -0.241 e. The maximum absolute atomic E-state index is 13.5. The van der Waals surface area contributed by atoms with Crippen molar-refractivity contribution >= 4 is 11.3 Å². The van der Waals surface area contributed by atoms with Gasteiger partial charge in [-0.2, -0.15) is 0 Å². The van der Waals surface area contributed by atoms with Crippen molar-refractivity contribution in [3.63, 3.8) is 0 Å². The lowest BCUT2D eigenvalue weighted by atomic mass is 10.1. The van der Waals surface area contributed by atoms with E-state index in [1.165, 1.54) is 17.4 Å². The van der Waals surface area contributed by atoms with E-state index in [-0.39, 0.29) is 5.82 Å². The van der Waals surface area contributed by atoms with E-state index in [1.807, 2.05) is 25.3 Å². The summed E-state index contributed by atoms with van der Waals surface area (Å²) in [5.74, 6) is -0.197. The summed E-state index contributed by atoms with van der Waals surface area (Å²) in [6.45, 7) is 4.00. The van der Waals surface area contributed by atoms with Crippen molar-refractivity contribution in [2.45, 2.75) is 20.3 Å². The zero-order valence-corrected chi connectivity index (χ0v) is 9.57. The first-order valence-corrected chi connectivity index (χ1v) is 5.79. The molecule has 0 radical (unpaired) electrons. The highest BCUT2D eigenvalue weighted by atomic mass is 32.1. The Morgan fingerprint density at radius 2 is 2.20 bits per heavy atom. The van der Waals surface area contributed by atoms with Gasteiger partial charge in [0, 0.05) is 10.9 Å². The second-order valence-electron chi connectivity index (χ2n) is 3.48. The first-order chi connectivity index (χ1) is 7.20. The van der Waals surface area contributed by atoms with E-state index < -0.39 is 0 Å². The summed E-state index contributed by atoms with van der Waals surface area (Å²) in [7, 11) is 0. The summed E-state index contributed by atoms with van der Waals surface area (Å²) >= 11 is 1.50. The average molecular weight is 221 g/mol. The summed E-state index contributed by atoms with van der Waals surface area (Å²) in [6.07, 6.45) is 0.893. The van der Waals surface area contributed by atoms with Gasteiger partial charge < -0.3 is 0 Å². The molecule has 1 aromatic carbocycles. The van der Waals surface area contributed by atoms with Crippen LogP contribution < -0.4 is 0 Å². The van der Waals surface area contributed by atoms with Crippen LogP contribution in [0.5, 0.6) is 0 Å². The van der Waals surface area contributed by atoms with Gasteiger partial charge in [0.25, 0.3) is 0 Å². The van der Waals surface area contributed by atoms with Gasteiger partial charge in [0.15, 0.2) is 0 Å². The predicted molar refractivity (Wildman–Crippen MR) is 61.6 cm³/mol. The van der Waals surface area contributed by atoms with Crippen LogP contribution in [0.1, 0.15) is 18.2 Å². The first kappa shape index (κ1) is 10.3. The highest BCUT2D eigenvalue weighted by Crippen LogP contribution is 2.27. The van der Waals surface area contributed by atoms with Gasteiger partial charge in [0.2, 0.25) is 0 Å². The van der Waals surface area contributed by atoms with E-state index in [4.69, 9.17) is 0 Å². The van der Waals surface area contributed by atoms with Crippen LogP contribution in [-0.2, 0) is 6.42 Å². The van der Waals surface area contributed by atoms with Crippen molar-refractivity contribution in [1.29, 1.82) is 0 Å². The number of aryl methyl sites for hydroxylation is 2. The minimum absolute atomic E-state index is 0.197. The fourth-order valence-electron chi connectivity index (χ4n) is 1.40. The Balaban J connectivity index is 2.48. The van der Waals surface area contributed by atoms with Gasteiger partial charge >= 0.3 is 0 Å². The van der Waals surface area contributed by atoms with Crippen molar-refractivity contribution in [1.82, 2.24) is 4.98 Å². The average Bonchev–Trinajstić information content (AvgIpc) is 2.70. The third-order valence-electron chi connectivity index (χ3n) is 2.27. The SMILES string of the molecule is CCc1csc(-c2cc(C)ccc2F)n1. The number of rotatable bonds is 2. The largest absolute Gasteiger partial charge is 0.241 e. The summed E-state index contributed by atoms with van der Waals surface area (Å²) in [5.41, 5.74) is 2.69. The smallest absolute Gasteiger partial charge is 0.133 e. The summed E-state index contributed by atoms with van der Waals surface area (Å²) in [6, 6.07) is 5.11. The maximum atomic E-state index is 13.5. The number of halogens is 1. The quantitative estimate of drug-likeness (QED) is 0.751. The molecule has 1 nitrogen and oxygen atoms in total. The van der Waals surface area contributed by atoms with Crippen molar-refractivity contribution in [2.24, 2.45) is 0 Å². The zero-order valence-electron chi connectivity index (χ0n) is 8.75. The fourth-order valence-corrected chi connectivity index (χ4v) is 2.32. The summed E-state index contributed by atoms with van der Waals surface area (Å²) < 4.78 is 13.5. The normalized spacial score (nSPS) is 10.6. The Labute approximate surface area is 92.6 Å². The van der Waals surface area contributed by atoms with Crippen LogP contribution in [0.15, 0.2) is 23.6 Å². The van der Waals surface area contributed by atoms with Crippen molar-refractivity contribution < 1.29 is 4.39 Å². The number of benzene rings is 1. The number of hydrogen-bond acceptors (Lipinski definition) is 2. The van der Waals surface area contributed by atoms with Crippen LogP contribution in [0, 0.1) is 12.7 Å². The molecular formula is C12H12FNS. The predicted octanol–water partition coefficient (Wildman–Crippen LogP) is 3.82. The highest BCUT2D eigenvalue weighted by molar-refractivity contribution is 7.13. The van der Waals surface area contributed by atoms with Crippen LogP contribution in [0.2, 0.25) is 0 Å². The lowest BCUT2D eigenvalue weighted by Crippen LogP contribution is -1.86. The Morgan fingerprint density at radius 3 is 2.87 bits per heavy atom. The molecule has 0 aliphatic carbocycles. The van der Waals surface area contributed by atoms with E-state index >= 15 is 0 Å². The summed E-state index contributed by atoms with van der Waals surface area (Å²) in [4.78, 5) is 4.38. The Morgan fingerprint density at radius 1 is 1.40 bits per heavy atom. The van der Waals surface area contributed by atoms with Crippen molar-refractivity contribution in [3.05, 3.63) is 40.7 Å². The lowest BCUT2D eigenvalue weighted by Gasteiger charge is -2.00. The van der Waals surface area contributed by atoms with Gasteiger partial charge in [-0.1, -0.05) is 18.6 Å². The zero-order chi connectivity index (χ0) is 10.8. The molecule has 1 aromatic heterocycles. The molecule has 0 unspecified atom stereocenters. The second-order valence-corrected chi connectivity index (χ2v) is 4.34. The molecule has 0 amide bonds. The number of hydrogen-bond donors (Lipinski definition) is 0. The molecule has 2 aromatic rings. The molecule has 78 valence electrons. The lowest BCUT2D eigenvalue weighted by molar-refractivity contribution is 0.630. The molecule has 1 heterocycles. The Kier molecular flexibility index (Phi) is 2.82. The molecule has 0 fully saturated rings. The van der Waals surface area contributed by atoms with Crippen LogP contribution in [0.4, 0.5) is 4.39 Å². The Hall–Kier alpha value is -1.22. The van der Waals surface area contributed by atoms with Gasteiger partial charge in [-0.05, 0) is 25.5 Å². The van der Waals surface area contributed by atoms with Gasteiger partial charge in [-0.15, -0.1) is 11.3 Å². The molecule has 0 spiro atoms. The molecule has 0 N–H and O–H groups in total. The molecule has 0 bridgehead atoms. The molecule has 0 atom stereocenters. The molecule has 15 heavy (non-hydrogen) atoms. The number of aromatic nitrogens is 1. The van der Waals surface area contributed by atoms with Crippen LogP contribution in [0.25, 0.3) is 10.6 Å². The highest BCUT2D eigenvalue weighted by Gasteiger charge is 2.09. The summed E-state index contributed by atoms with van der Waals surface area (Å²) in [5, 5.41) is 2.75. The molecule has 2 rings (SSSR count). The maximum Gasteiger partial charge on any atom is 0.133 e. The van der Waals surface area contributed by atoms with Crippen LogP contribution >= 0.6 is 11.3 Å². The van der Waals surface area contributed by atoms with Gasteiger partial charge in [-0.25, -0.2) is 9.37 Å². The molecule has 0 aliphatic rings. The number of thiazole rings is 1. The molecule has 0 aliphatic heterocycles. The van der Waals surface area contributed by atoms with E-state index in [1.54, 1.807) is 6.07 Å². The molecular weight excluding hydrogens is 209 g/mol. The topological polar surface area (TPSA) is 12.9 Å². The Bertz CT molecular complexity index is 476. The third kappa shape index (κ3) is 2.07. The van der Waals surface area contributed by atoms with Gasteiger partial charge in [0.1, 0.15) is 10.8 Å². The van der Waals surface area contributed by atoms with Crippen LogP contribution in [-0.4, -0.2) is 4.98 Å².